The monoisotopic (exact) mass is 592 g/mol. The quantitative estimate of drug-likeness (QED) is 0.0831. The largest absolute Gasteiger partial charge is 0.394 e. The second-order valence-electron chi connectivity index (χ2n) is 10.8. The van der Waals surface area contributed by atoms with Crippen LogP contribution in [0.25, 0.3) is 0 Å². The molecule has 15 unspecified atom stereocenters. The van der Waals surface area contributed by atoms with Crippen LogP contribution in [0.15, 0.2) is 0 Å². The second kappa shape index (κ2) is 15.3. The number of hydrogen-bond acceptors (Lipinski definition) is 15. The predicted molar refractivity (Wildman–Crippen MR) is 139 cm³/mol. The fraction of sp³-hybridized carbons (Fsp3) is 0.880. The predicted octanol–water partition coefficient (Wildman–Crippen LogP) is -6.08. The molecule has 41 heavy (non-hydrogen) atoms. The van der Waals surface area contributed by atoms with Gasteiger partial charge < -0.3 is 77.2 Å². The number of aliphatic hydroxyl groups excluding tert-OH is 7. The molecule has 0 spiro atoms. The lowest BCUT2D eigenvalue weighted by Gasteiger charge is -2.47. The first-order chi connectivity index (χ1) is 19.4. The zero-order chi connectivity index (χ0) is 30.4. The number of nitrogens with one attached hydrogen (secondary N) is 1. The van der Waals surface area contributed by atoms with Gasteiger partial charge in [0, 0.05) is 37.4 Å². The Balaban J connectivity index is 1.65. The average molecular weight is 593 g/mol. The van der Waals surface area contributed by atoms with E-state index in [4.69, 9.17) is 42.6 Å². The Hall–Kier alpha value is -1.53. The molecule has 2 heterocycles. The van der Waals surface area contributed by atoms with E-state index in [1.807, 2.05) is 0 Å². The maximum absolute atomic E-state index is 12.0. The topological polar surface area (TPSA) is 286 Å². The lowest BCUT2D eigenvalue weighted by Crippen LogP contribution is -2.67. The van der Waals surface area contributed by atoms with Gasteiger partial charge in [-0.1, -0.05) is 0 Å². The van der Waals surface area contributed by atoms with Crippen LogP contribution in [0.3, 0.4) is 0 Å². The van der Waals surface area contributed by atoms with Gasteiger partial charge in [0.05, 0.1) is 25.4 Å². The summed E-state index contributed by atoms with van der Waals surface area (Å²) < 4.78 is 22.6. The zero-order valence-electron chi connectivity index (χ0n) is 22.6. The molecule has 0 aromatic rings. The van der Waals surface area contributed by atoms with E-state index in [1.165, 1.54) is 0 Å². The number of nitrogens with two attached hydrogens (primary N) is 3. The van der Waals surface area contributed by atoms with E-state index < -0.39 is 98.2 Å². The first-order valence-corrected chi connectivity index (χ1v) is 13.6. The van der Waals surface area contributed by atoms with Gasteiger partial charge in [-0.3, -0.25) is 4.79 Å². The molecule has 3 fully saturated rings. The Bertz CT molecular complexity index is 880. The van der Waals surface area contributed by atoms with Crippen LogP contribution >= 0.6 is 0 Å². The number of rotatable bonds is 10. The molecule has 2 aliphatic heterocycles. The zero-order valence-corrected chi connectivity index (χ0v) is 22.6. The summed E-state index contributed by atoms with van der Waals surface area (Å²) in [4.78, 5) is 12.0. The van der Waals surface area contributed by atoms with Crippen LogP contribution < -0.4 is 22.5 Å². The summed E-state index contributed by atoms with van der Waals surface area (Å²) >= 11 is 0. The van der Waals surface area contributed by atoms with Gasteiger partial charge in [0.25, 0.3) is 0 Å². The lowest BCUT2D eigenvalue weighted by atomic mass is 9.84. The standard InChI is InChI=1S/C25H44N4O12/c1-2-3-4-5-14(31)29-7-10-9-38-24(20(36)19(35)16(10)32)40-22-11(26)6-12(27)23(21(22)37)41-25-18(34)15(28)17(33)13(8-30)39-25/h1,10-13,15-25,30,32-37H,3-9,26-28H2,(H,29,31). The van der Waals surface area contributed by atoms with E-state index in [9.17, 15) is 40.5 Å². The molecule has 16 nitrogen and oxygen atoms in total. The highest BCUT2D eigenvalue weighted by Crippen LogP contribution is 2.31. The SMILES string of the molecule is C#CCCCC(=O)NCC1COC(OC2C(N)CC(N)C(OC3OC(CO)C(O)C(N)C3O)C2O)C(O)C(O)C1O. The number of unbranched alkanes of at least 4 members (excludes halogenated alkanes) is 1. The van der Waals surface area contributed by atoms with Crippen molar-refractivity contribution in [2.45, 2.75) is 111 Å². The van der Waals surface area contributed by atoms with Crippen molar-refractivity contribution < 1.29 is 59.5 Å². The van der Waals surface area contributed by atoms with Crippen molar-refractivity contribution in [2.75, 3.05) is 19.8 Å². The van der Waals surface area contributed by atoms with Crippen molar-refractivity contribution in [2.24, 2.45) is 23.1 Å². The first kappa shape index (κ1) is 34.0. The molecule has 0 bridgehead atoms. The molecular formula is C25H44N4O12. The Labute approximate surface area is 237 Å². The van der Waals surface area contributed by atoms with Crippen molar-refractivity contribution in [3.8, 4) is 12.3 Å². The summed E-state index contributed by atoms with van der Waals surface area (Å²) in [6, 6.07) is -2.97. The number of hydrogen-bond donors (Lipinski definition) is 11. The van der Waals surface area contributed by atoms with Gasteiger partial charge in [-0.05, 0) is 12.8 Å². The van der Waals surface area contributed by atoms with Crippen LogP contribution in [-0.2, 0) is 23.7 Å². The highest BCUT2D eigenvalue weighted by molar-refractivity contribution is 5.75. The minimum Gasteiger partial charge on any atom is -0.394 e. The summed E-state index contributed by atoms with van der Waals surface area (Å²) in [5, 5.41) is 75.6. The molecule has 1 aliphatic carbocycles. The van der Waals surface area contributed by atoms with Crippen molar-refractivity contribution in [1.29, 1.82) is 0 Å². The van der Waals surface area contributed by atoms with Crippen LogP contribution in [0.4, 0.5) is 0 Å². The van der Waals surface area contributed by atoms with E-state index in [0.717, 1.165) is 0 Å². The van der Waals surface area contributed by atoms with E-state index in [1.54, 1.807) is 0 Å². The molecular weight excluding hydrogens is 548 g/mol. The molecule has 2 saturated heterocycles. The van der Waals surface area contributed by atoms with Crippen molar-refractivity contribution >= 4 is 5.91 Å². The summed E-state index contributed by atoms with van der Waals surface area (Å²) in [7, 11) is 0. The molecule has 236 valence electrons. The summed E-state index contributed by atoms with van der Waals surface area (Å²) in [5.41, 5.74) is 18.2. The molecule has 1 amide bonds. The number of carbonyl (C=O) groups is 1. The highest BCUT2D eigenvalue weighted by atomic mass is 16.7. The number of ether oxygens (including phenoxy) is 4. The Morgan fingerprint density at radius 3 is 2.15 bits per heavy atom. The molecule has 3 rings (SSSR count). The Morgan fingerprint density at radius 1 is 0.902 bits per heavy atom. The lowest BCUT2D eigenvalue weighted by molar-refractivity contribution is -0.313. The highest BCUT2D eigenvalue weighted by Gasteiger charge is 2.50. The summed E-state index contributed by atoms with van der Waals surface area (Å²) in [5.74, 6) is 1.33. The molecule has 15 atom stereocenters. The molecule has 16 heteroatoms. The molecule has 1 saturated carbocycles. The fourth-order valence-corrected chi connectivity index (χ4v) is 5.22. The van der Waals surface area contributed by atoms with Crippen LogP contribution in [0.2, 0.25) is 0 Å². The van der Waals surface area contributed by atoms with E-state index in [-0.39, 0.29) is 31.9 Å². The number of aliphatic hydroxyl groups is 7. The van der Waals surface area contributed by atoms with Gasteiger partial charge in [0.2, 0.25) is 5.91 Å². The van der Waals surface area contributed by atoms with Crippen LogP contribution in [-0.4, -0.2) is 147 Å². The summed E-state index contributed by atoms with van der Waals surface area (Å²) in [6.45, 7) is -0.899. The summed E-state index contributed by atoms with van der Waals surface area (Å²) in [6.07, 6.45) is -9.75. The van der Waals surface area contributed by atoms with Gasteiger partial charge >= 0.3 is 0 Å². The molecule has 3 aliphatic rings. The molecule has 14 N–H and O–H groups in total. The molecule has 0 radical (unpaired) electrons. The van der Waals surface area contributed by atoms with Gasteiger partial charge in [-0.15, -0.1) is 12.3 Å². The van der Waals surface area contributed by atoms with E-state index in [0.29, 0.717) is 12.8 Å². The minimum atomic E-state index is -1.76. The van der Waals surface area contributed by atoms with Crippen molar-refractivity contribution in [1.82, 2.24) is 5.32 Å². The first-order valence-electron chi connectivity index (χ1n) is 13.6. The third kappa shape index (κ3) is 8.10. The normalized spacial score (nSPS) is 45.4. The van der Waals surface area contributed by atoms with Crippen molar-refractivity contribution in [3.05, 3.63) is 0 Å². The molecule has 0 aromatic carbocycles. The van der Waals surface area contributed by atoms with Gasteiger partial charge in [0.15, 0.2) is 12.6 Å². The van der Waals surface area contributed by atoms with Crippen LogP contribution in [0.1, 0.15) is 25.7 Å². The smallest absolute Gasteiger partial charge is 0.220 e. The van der Waals surface area contributed by atoms with Crippen LogP contribution in [0, 0.1) is 18.3 Å². The van der Waals surface area contributed by atoms with E-state index in [2.05, 4.69) is 11.2 Å². The Kier molecular flexibility index (Phi) is 12.7. The maximum atomic E-state index is 12.0. The fourth-order valence-electron chi connectivity index (χ4n) is 5.22. The van der Waals surface area contributed by atoms with Gasteiger partial charge in [0.1, 0.15) is 48.8 Å². The maximum Gasteiger partial charge on any atom is 0.220 e. The van der Waals surface area contributed by atoms with Crippen molar-refractivity contribution in [3.63, 3.8) is 0 Å². The van der Waals surface area contributed by atoms with Crippen LogP contribution in [0.5, 0.6) is 0 Å². The van der Waals surface area contributed by atoms with Gasteiger partial charge in [-0.2, -0.15) is 0 Å². The molecule has 0 aromatic heterocycles. The van der Waals surface area contributed by atoms with Gasteiger partial charge in [-0.25, -0.2) is 0 Å². The average Bonchev–Trinajstić information content (AvgIpc) is 3.03. The number of amides is 1. The number of carbonyl (C=O) groups excluding carboxylic acids is 1. The Morgan fingerprint density at radius 2 is 1.54 bits per heavy atom. The van der Waals surface area contributed by atoms with E-state index >= 15 is 0 Å². The third-order valence-electron chi connectivity index (χ3n) is 7.80. The minimum absolute atomic E-state index is 0.0512. The second-order valence-corrected chi connectivity index (χ2v) is 10.8. The third-order valence-corrected chi connectivity index (χ3v) is 7.80. The number of terminal acetylenes is 1.